The molecule has 0 bridgehead atoms. The molecule has 1 aliphatic rings. The molecule has 1 nitrogen and oxygen atoms in total. The standard InChI is InChI=1S/C25H22OS/c1-19-13-15-20(16-14-19)22-17-24(21-9-5-3-6-10-21)27-25(18-22,26-2)23-11-7-4-8-12-23/h3-18H,1-2H3. The van der Waals surface area contributed by atoms with Crippen molar-refractivity contribution < 1.29 is 4.74 Å². The van der Waals surface area contributed by atoms with Gasteiger partial charge in [0.2, 0.25) is 0 Å². The SMILES string of the molecule is COC1(c2ccccc2)C=C(c2ccc(C)cc2)C=C(c2ccccc2)S1. The van der Waals surface area contributed by atoms with E-state index < -0.39 is 4.93 Å². The summed E-state index contributed by atoms with van der Waals surface area (Å²) in [4.78, 5) is 0.654. The van der Waals surface area contributed by atoms with Crippen LogP contribution in [0.2, 0.25) is 0 Å². The van der Waals surface area contributed by atoms with E-state index >= 15 is 0 Å². The average molecular weight is 371 g/mol. The third kappa shape index (κ3) is 3.64. The second kappa shape index (κ2) is 7.59. The van der Waals surface area contributed by atoms with Gasteiger partial charge in [-0.05, 0) is 41.3 Å². The summed E-state index contributed by atoms with van der Waals surface area (Å²) in [6.07, 6.45) is 4.51. The molecular weight excluding hydrogens is 348 g/mol. The monoisotopic (exact) mass is 370 g/mol. The smallest absolute Gasteiger partial charge is 0.162 e. The molecule has 0 saturated heterocycles. The van der Waals surface area contributed by atoms with E-state index in [1.807, 2.05) is 6.07 Å². The Morgan fingerprint density at radius 3 is 2.00 bits per heavy atom. The van der Waals surface area contributed by atoms with Gasteiger partial charge in [-0.3, -0.25) is 0 Å². The first kappa shape index (κ1) is 17.8. The zero-order valence-corrected chi connectivity index (χ0v) is 16.4. The summed E-state index contributed by atoms with van der Waals surface area (Å²) in [5, 5.41) is 0. The fourth-order valence-electron chi connectivity index (χ4n) is 3.30. The van der Waals surface area contributed by atoms with Gasteiger partial charge < -0.3 is 4.74 Å². The minimum atomic E-state index is -0.554. The van der Waals surface area contributed by atoms with E-state index in [2.05, 4.69) is 97.9 Å². The molecule has 27 heavy (non-hydrogen) atoms. The normalized spacial score (nSPS) is 19.3. The van der Waals surface area contributed by atoms with Crippen LogP contribution in [0.3, 0.4) is 0 Å². The summed E-state index contributed by atoms with van der Waals surface area (Å²) in [5.74, 6) is 0. The van der Waals surface area contributed by atoms with E-state index in [0.29, 0.717) is 0 Å². The van der Waals surface area contributed by atoms with E-state index in [1.165, 1.54) is 27.2 Å². The number of allylic oxidation sites excluding steroid dienone is 2. The van der Waals surface area contributed by atoms with Crippen molar-refractivity contribution >= 4 is 22.2 Å². The number of aryl methyl sites for hydroxylation is 1. The van der Waals surface area contributed by atoms with Crippen LogP contribution in [-0.4, -0.2) is 7.11 Å². The van der Waals surface area contributed by atoms with E-state index in [-0.39, 0.29) is 0 Å². The number of benzene rings is 3. The molecule has 134 valence electrons. The minimum absolute atomic E-state index is 0.554. The van der Waals surface area contributed by atoms with Crippen LogP contribution in [0.15, 0.2) is 97.1 Å². The van der Waals surface area contributed by atoms with Crippen LogP contribution in [0.1, 0.15) is 22.3 Å². The lowest BCUT2D eigenvalue weighted by Crippen LogP contribution is -2.24. The topological polar surface area (TPSA) is 9.23 Å². The van der Waals surface area contributed by atoms with E-state index in [4.69, 9.17) is 4.74 Å². The maximum Gasteiger partial charge on any atom is 0.162 e. The molecule has 0 aliphatic carbocycles. The summed E-state index contributed by atoms with van der Waals surface area (Å²) >= 11 is 1.75. The van der Waals surface area contributed by atoms with Gasteiger partial charge in [0, 0.05) is 12.0 Å². The number of thioether (sulfide) groups is 1. The van der Waals surface area contributed by atoms with Gasteiger partial charge in [0.15, 0.2) is 4.93 Å². The van der Waals surface area contributed by atoms with Gasteiger partial charge in [-0.25, -0.2) is 0 Å². The van der Waals surface area contributed by atoms with Gasteiger partial charge in [-0.2, -0.15) is 0 Å². The Balaban J connectivity index is 1.88. The molecule has 0 spiro atoms. The van der Waals surface area contributed by atoms with Crippen molar-refractivity contribution in [2.24, 2.45) is 0 Å². The quantitative estimate of drug-likeness (QED) is 0.507. The zero-order valence-electron chi connectivity index (χ0n) is 15.6. The molecule has 2 heteroatoms. The maximum absolute atomic E-state index is 6.14. The summed E-state index contributed by atoms with van der Waals surface area (Å²) in [7, 11) is 1.79. The van der Waals surface area contributed by atoms with Crippen LogP contribution in [0, 0.1) is 6.92 Å². The lowest BCUT2D eigenvalue weighted by atomic mass is 9.98. The number of methoxy groups -OCH3 is 1. The van der Waals surface area contributed by atoms with Gasteiger partial charge in [0.1, 0.15) is 0 Å². The Labute approximate surface area is 165 Å². The second-order valence-corrected chi connectivity index (χ2v) is 7.93. The molecule has 1 aliphatic heterocycles. The summed E-state index contributed by atoms with van der Waals surface area (Å²) < 4.78 is 6.14. The lowest BCUT2D eigenvalue weighted by molar-refractivity contribution is 0.112. The van der Waals surface area contributed by atoms with Crippen LogP contribution < -0.4 is 0 Å². The van der Waals surface area contributed by atoms with Gasteiger partial charge >= 0.3 is 0 Å². The Hall–Kier alpha value is -2.55. The molecule has 0 saturated carbocycles. The predicted octanol–water partition coefficient (Wildman–Crippen LogP) is 6.67. The number of hydrogen-bond donors (Lipinski definition) is 0. The fraction of sp³-hybridized carbons (Fsp3) is 0.120. The minimum Gasteiger partial charge on any atom is -0.359 e. The van der Waals surface area contributed by atoms with E-state index in [9.17, 15) is 0 Å². The van der Waals surface area contributed by atoms with E-state index in [0.717, 1.165) is 5.56 Å². The summed E-state index contributed by atoms with van der Waals surface area (Å²) in [5.41, 5.74) is 5.99. The lowest BCUT2D eigenvalue weighted by Gasteiger charge is -2.34. The fourth-order valence-corrected chi connectivity index (χ4v) is 4.59. The highest BCUT2D eigenvalue weighted by atomic mass is 32.2. The molecular formula is C25H22OS. The molecule has 3 aromatic rings. The first-order chi connectivity index (χ1) is 13.2. The average Bonchev–Trinajstić information content (AvgIpc) is 2.75. The van der Waals surface area contributed by atoms with Gasteiger partial charge in [-0.1, -0.05) is 102 Å². The van der Waals surface area contributed by atoms with Crippen LogP contribution in [0.4, 0.5) is 0 Å². The van der Waals surface area contributed by atoms with Crippen molar-refractivity contribution in [3.63, 3.8) is 0 Å². The molecule has 0 N–H and O–H groups in total. The molecule has 1 heterocycles. The first-order valence-corrected chi connectivity index (χ1v) is 9.88. The van der Waals surface area contributed by atoms with Gasteiger partial charge in [0.05, 0.1) is 0 Å². The molecule has 0 fully saturated rings. The summed E-state index contributed by atoms with van der Waals surface area (Å²) in [6, 6.07) is 29.6. The highest BCUT2D eigenvalue weighted by Crippen LogP contribution is 2.51. The van der Waals surface area contributed by atoms with Crippen molar-refractivity contribution in [2.45, 2.75) is 11.9 Å². The van der Waals surface area contributed by atoms with Gasteiger partial charge in [-0.15, -0.1) is 0 Å². The van der Waals surface area contributed by atoms with Crippen molar-refractivity contribution in [3.05, 3.63) is 119 Å². The van der Waals surface area contributed by atoms with Gasteiger partial charge in [0.25, 0.3) is 0 Å². The second-order valence-electron chi connectivity index (χ2n) is 6.68. The third-order valence-electron chi connectivity index (χ3n) is 4.82. The molecule has 0 amide bonds. The number of rotatable bonds is 4. The van der Waals surface area contributed by atoms with Crippen molar-refractivity contribution in [2.75, 3.05) is 7.11 Å². The van der Waals surface area contributed by atoms with E-state index in [1.54, 1.807) is 18.9 Å². The zero-order chi connectivity index (χ0) is 18.7. The highest BCUT2D eigenvalue weighted by Gasteiger charge is 2.35. The molecule has 0 aromatic heterocycles. The third-order valence-corrected chi connectivity index (χ3v) is 6.21. The molecule has 1 atom stereocenters. The Morgan fingerprint density at radius 2 is 1.37 bits per heavy atom. The summed E-state index contributed by atoms with van der Waals surface area (Å²) in [6.45, 7) is 2.11. The van der Waals surface area contributed by atoms with Crippen molar-refractivity contribution in [1.29, 1.82) is 0 Å². The Morgan fingerprint density at radius 1 is 0.741 bits per heavy atom. The molecule has 0 radical (unpaired) electrons. The van der Waals surface area contributed by atoms with Crippen LogP contribution in [0.25, 0.3) is 10.5 Å². The van der Waals surface area contributed by atoms with Crippen molar-refractivity contribution in [1.82, 2.24) is 0 Å². The molecule has 1 unspecified atom stereocenters. The Bertz CT molecular complexity index is 972. The largest absolute Gasteiger partial charge is 0.359 e. The Kier molecular flexibility index (Phi) is 5.02. The number of hydrogen-bond acceptors (Lipinski definition) is 2. The van der Waals surface area contributed by atoms with Crippen LogP contribution in [0.5, 0.6) is 0 Å². The number of ether oxygens (including phenoxy) is 1. The maximum atomic E-state index is 6.14. The molecule has 4 rings (SSSR count). The van der Waals surface area contributed by atoms with Crippen LogP contribution >= 0.6 is 11.8 Å². The highest BCUT2D eigenvalue weighted by molar-refractivity contribution is 8.09. The van der Waals surface area contributed by atoms with Crippen LogP contribution in [-0.2, 0) is 9.67 Å². The first-order valence-electron chi connectivity index (χ1n) is 9.07. The molecule has 3 aromatic carbocycles. The predicted molar refractivity (Wildman–Crippen MR) is 116 cm³/mol. The van der Waals surface area contributed by atoms with Crippen molar-refractivity contribution in [3.8, 4) is 0 Å².